The molecule has 2 aromatic rings. The maximum Gasteiger partial charge on any atom is 0.270 e. The van der Waals surface area contributed by atoms with Crippen LogP contribution in [-0.2, 0) is 4.74 Å². The van der Waals surface area contributed by atoms with Gasteiger partial charge in [-0.2, -0.15) is 10.2 Å². The van der Waals surface area contributed by atoms with Crippen molar-refractivity contribution in [1.82, 2.24) is 20.4 Å². The van der Waals surface area contributed by atoms with E-state index < -0.39 is 0 Å². The van der Waals surface area contributed by atoms with E-state index in [9.17, 15) is 4.79 Å². The fourth-order valence-electron chi connectivity index (χ4n) is 2.68. The van der Waals surface area contributed by atoms with E-state index in [1.165, 1.54) is 12.3 Å². The van der Waals surface area contributed by atoms with Gasteiger partial charge >= 0.3 is 0 Å². The molecule has 1 aliphatic rings. The molecule has 1 aliphatic heterocycles. The number of hydrogen-bond acceptors (Lipinski definition) is 7. The first-order chi connectivity index (χ1) is 11.7. The van der Waals surface area contributed by atoms with Gasteiger partial charge in [-0.05, 0) is 37.8 Å². The van der Waals surface area contributed by atoms with Crippen molar-refractivity contribution in [1.29, 1.82) is 5.26 Å². The van der Waals surface area contributed by atoms with Gasteiger partial charge in [0.05, 0.1) is 5.56 Å². The third kappa shape index (κ3) is 3.58. The molecule has 1 fully saturated rings. The van der Waals surface area contributed by atoms with E-state index in [0.717, 1.165) is 12.8 Å². The normalized spacial score (nSPS) is 16.3. The zero-order valence-corrected chi connectivity index (χ0v) is 13.2. The molecule has 8 heteroatoms. The molecule has 0 aliphatic carbocycles. The first-order valence-electron chi connectivity index (χ1n) is 7.72. The molecule has 3 rings (SSSR count). The SMILES string of the molecule is Cc1noc([C@H](NC(=O)c2ccc(C#N)cn2)C2CCOCC2)n1. The van der Waals surface area contributed by atoms with Gasteiger partial charge in [-0.1, -0.05) is 5.16 Å². The molecule has 0 saturated carbocycles. The predicted octanol–water partition coefficient (Wildman–Crippen LogP) is 1.54. The highest BCUT2D eigenvalue weighted by Gasteiger charge is 2.31. The Morgan fingerprint density at radius 2 is 2.21 bits per heavy atom. The van der Waals surface area contributed by atoms with Crippen molar-refractivity contribution in [3.8, 4) is 6.07 Å². The van der Waals surface area contributed by atoms with Crippen molar-refractivity contribution in [2.24, 2.45) is 5.92 Å². The van der Waals surface area contributed by atoms with Crippen LogP contribution in [0.1, 0.15) is 46.7 Å². The van der Waals surface area contributed by atoms with E-state index in [1.807, 2.05) is 6.07 Å². The molecule has 8 nitrogen and oxygen atoms in total. The average molecular weight is 327 g/mol. The Hall–Kier alpha value is -2.79. The van der Waals surface area contributed by atoms with Crippen molar-refractivity contribution < 1.29 is 14.1 Å². The minimum Gasteiger partial charge on any atom is -0.381 e. The fraction of sp³-hybridized carbons (Fsp3) is 0.438. The maximum absolute atomic E-state index is 12.5. The highest BCUT2D eigenvalue weighted by molar-refractivity contribution is 5.92. The van der Waals surface area contributed by atoms with Crippen LogP contribution in [0.25, 0.3) is 0 Å². The number of ether oxygens (including phenoxy) is 1. The number of carbonyl (C=O) groups is 1. The molecule has 0 bridgehead atoms. The van der Waals surface area contributed by atoms with E-state index in [0.29, 0.717) is 30.5 Å². The van der Waals surface area contributed by atoms with Gasteiger partial charge in [0.15, 0.2) is 5.82 Å². The number of aromatic nitrogens is 3. The Kier molecular flexibility index (Phi) is 4.82. The first-order valence-corrected chi connectivity index (χ1v) is 7.72. The minimum atomic E-state index is -0.389. The van der Waals surface area contributed by atoms with Gasteiger partial charge in [0.2, 0.25) is 5.89 Å². The van der Waals surface area contributed by atoms with E-state index in [1.54, 1.807) is 13.0 Å². The summed E-state index contributed by atoms with van der Waals surface area (Å²) in [6.45, 7) is 3.01. The summed E-state index contributed by atoms with van der Waals surface area (Å²) < 4.78 is 10.7. The summed E-state index contributed by atoms with van der Waals surface area (Å²) in [6.07, 6.45) is 2.97. The van der Waals surface area contributed by atoms with E-state index in [-0.39, 0.29) is 23.6 Å². The van der Waals surface area contributed by atoms with Crippen LogP contribution >= 0.6 is 0 Å². The smallest absolute Gasteiger partial charge is 0.270 e. The van der Waals surface area contributed by atoms with Gasteiger partial charge in [-0.15, -0.1) is 0 Å². The Balaban J connectivity index is 1.79. The number of carbonyl (C=O) groups excluding carboxylic acids is 1. The number of amides is 1. The summed E-state index contributed by atoms with van der Waals surface area (Å²) in [6, 6.07) is 4.66. The summed E-state index contributed by atoms with van der Waals surface area (Å²) in [5, 5.41) is 15.6. The highest BCUT2D eigenvalue weighted by Crippen LogP contribution is 2.29. The van der Waals surface area contributed by atoms with Gasteiger partial charge in [0.1, 0.15) is 17.8 Å². The fourth-order valence-corrected chi connectivity index (χ4v) is 2.68. The molecular formula is C16H17N5O3. The molecule has 124 valence electrons. The van der Waals surface area contributed by atoms with Gasteiger partial charge in [-0.3, -0.25) is 4.79 Å². The molecule has 2 aromatic heterocycles. The zero-order chi connectivity index (χ0) is 16.9. The monoisotopic (exact) mass is 327 g/mol. The molecule has 0 aromatic carbocycles. The summed E-state index contributed by atoms with van der Waals surface area (Å²) in [5.74, 6) is 0.724. The van der Waals surface area contributed by atoms with Crippen molar-refractivity contribution in [3.63, 3.8) is 0 Å². The lowest BCUT2D eigenvalue weighted by Crippen LogP contribution is -2.36. The van der Waals surface area contributed by atoms with Gasteiger partial charge < -0.3 is 14.6 Å². The second-order valence-electron chi connectivity index (χ2n) is 5.62. The molecule has 3 heterocycles. The lowest BCUT2D eigenvalue weighted by Gasteiger charge is -2.28. The quantitative estimate of drug-likeness (QED) is 0.906. The van der Waals surface area contributed by atoms with Crippen LogP contribution in [0.15, 0.2) is 22.9 Å². The van der Waals surface area contributed by atoms with Crippen LogP contribution < -0.4 is 5.32 Å². The van der Waals surface area contributed by atoms with E-state index in [4.69, 9.17) is 14.5 Å². The molecular weight excluding hydrogens is 310 g/mol. The number of nitrogens with zero attached hydrogens (tertiary/aromatic N) is 4. The Bertz CT molecular complexity index is 744. The number of aryl methyl sites for hydroxylation is 1. The lowest BCUT2D eigenvalue weighted by atomic mass is 9.91. The number of rotatable bonds is 4. The summed E-state index contributed by atoms with van der Waals surface area (Å²) in [5.41, 5.74) is 0.641. The number of nitriles is 1. The van der Waals surface area contributed by atoms with Crippen LogP contribution in [0.4, 0.5) is 0 Å². The standard InChI is InChI=1S/C16H17N5O3/c1-10-19-16(24-21-10)14(12-4-6-23-7-5-12)20-15(22)13-3-2-11(8-17)9-18-13/h2-3,9,12,14H,4-7H2,1H3,(H,20,22)/t14-/m1/s1. The molecule has 1 saturated heterocycles. The van der Waals surface area contributed by atoms with Crippen LogP contribution in [0, 0.1) is 24.2 Å². The Morgan fingerprint density at radius 1 is 1.42 bits per heavy atom. The second kappa shape index (κ2) is 7.19. The van der Waals surface area contributed by atoms with E-state index >= 15 is 0 Å². The number of pyridine rings is 1. The average Bonchev–Trinajstić information content (AvgIpc) is 3.06. The van der Waals surface area contributed by atoms with Crippen LogP contribution in [0.3, 0.4) is 0 Å². The molecule has 0 unspecified atom stereocenters. The summed E-state index contributed by atoms with van der Waals surface area (Å²) >= 11 is 0. The zero-order valence-electron chi connectivity index (χ0n) is 13.2. The summed E-state index contributed by atoms with van der Waals surface area (Å²) in [7, 11) is 0. The lowest BCUT2D eigenvalue weighted by molar-refractivity contribution is 0.0467. The van der Waals surface area contributed by atoms with Crippen molar-refractivity contribution >= 4 is 5.91 Å². The van der Waals surface area contributed by atoms with E-state index in [2.05, 4.69) is 20.4 Å². The first kappa shape index (κ1) is 16.1. The highest BCUT2D eigenvalue weighted by atomic mass is 16.5. The topological polar surface area (TPSA) is 114 Å². The predicted molar refractivity (Wildman–Crippen MR) is 81.7 cm³/mol. The second-order valence-corrected chi connectivity index (χ2v) is 5.62. The Morgan fingerprint density at radius 3 is 2.79 bits per heavy atom. The van der Waals surface area contributed by atoms with Crippen molar-refractivity contribution in [2.45, 2.75) is 25.8 Å². The molecule has 1 atom stereocenters. The third-order valence-electron chi connectivity index (χ3n) is 3.96. The van der Waals surface area contributed by atoms with Crippen LogP contribution in [0.2, 0.25) is 0 Å². The minimum absolute atomic E-state index is 0.154. The summed E-state index contributed by atoms with van der Waals surface area (Å²) in [4.78, 5) is 20.8. The molecule has 0 radical (unpaired) electrons. The van der Waals surface area contributed by atoms with Gasteiger partial charge in [0.25, 0.3) is 5.91 Å². The maximum atomic E-state index is 12.5. The van der Waals surface area contributed by atoms with Crippen LogP contribution in [0.5, 0.6) is 0 Å². The number of nitrogens with one attached hydrogen (secondary N) is 1. The third-order valence-corrected chi connectivity index (χ3v) is 3.96. The van der Waals surface area contributed by atoms with Gasteiger partial charge in [-0.25, -0.2) is 4.98 Å². The van der Waals surface area contributed by atoms with Crippen molar-refractivity contribution in [2.75, 3.05) is 13.2 Å². The van der Waals surface area contributed by atoms with Gasteiger partial charge in [0, 0.05) is 19.4 Å². The largest absolute Gasteiger partial charge is 0.381 e. The van der Waals surface area contributed by atoms with Crippen LogP contribution in [-0.4, -0.2) is 34.2 Å². The number of hydrogen-bond donors (Lipinski definition) is 1. The molecule has 24 heavy (non-hydrogen) atoms. The molecule has 1 amide bonds. The molecule has 0 spiro atoms. The van der Waals surface area contributed by atoms with Crippen molar-refractivity contribution in [3.05, 3.63) is 41.3 Å². The molecule has 1 N–H and O–H groups in total. The Labute approximate surface area is 138 Å².